The van der Waals surface area contributed by atoms with Gasteiger partial charge < -0.3 is 39.2 Å². The van der Waals surface area contributed by atoms with Gasteiger partial charge in [-0.2, -0.15) is 4.98 Å². The van der Waals surface area contributed by atoms with Crippen LogP contribution in [0.1, 0.15) is 32.8 Å². The van der Waals surface area contributed by atoms with Gasteiger partial charge in [0.05, 0.1) is 25.6 Å². The molecule has 0 radical (unpaired) electrons. The maximum atomic E-state index is 11.4. The lowest BCUT2D eigenvalue weighted by Crippen LogP contribution is -2.03. The Kier molecular flexibility index (Phi) is 6.50. The van der Waals surface area contributed by atoms with Gasteiger partial charge in [0, 0.05) is 13.8 Å². The summed E-state index contributed by atoms with van der Waals surface area (Å²) in [5.41, 5.74) is 2.29. The molecule has 0 saturated carbocycles. The quantitative estimate of drug-likeness (QED) is 0.250. The van der Waals surface area contributed by atoms with Crippen molar-refractivity contribution < 1.29 is 38.1 Å². The Hall–Kier alpha value is -5.00. The van der Waals surface area contributed by atoms with Gasteiger partial charge in [-0.05, 0) is 35.4 Å². The van der Waals surface area contributed by atoms with Crippen LogP contribution in [0.25, 0.3) is 11.1 Å². The molecule has 4 N–H and O–H groups in total. The summed E-state index contributed by atoms with van der Waals surface area (Å²) in [5, 5.41) is 24.5. The van der Waals surface area contributed by atoms with E-state index in [1.54, 1.807) is 44.2 Å². The number of aromatic nitrogens is 2. The average Bonchev–Trinajstić information content (AvgIpc) is 3.41. The van der Waals surface area contributed by atoms with Gasteiger partial charge >= 0.3 is 11.9 Å². The van der Waals surface area contributed by atoms with Crippen molar-refractivity contribution in [1.82, 2.24) is 9.97 Å². The largest absolute Gasteiger partial charge is 0.495 e. The highest BCUT2D eigenvalue weighted by Gasteiger charge is 2.21. The minimum atomic E-state index is -1.24. The Morgan fingerprint density at radius 2 is 1.36 bits per heavy atom. The summed E-state index contributed by atoms with van der Waals surface area (Å²) in [6.07, 6.45) is 0. The van der Waals surface area contributed by atoms with Crippen molar-refractivity contribution in [2.75, 3.05) is 24.9 Å². The highest BCUT2D eigenvalue weighted by atomic mass is 16.5. The maximum Gasteiger partial charge on any atom is 0.375 e. The van der Waals surface area contributed by atoms with Crippen LogP contribution in [-0.4, -0.2) is 46.3 Å². The third-order valence-corrected chi connectivity index (χ3v) is 5.10. The fraction of sp³-hybridized carbons (Fsp3) is 0.167. The Morgan fingerprint density at radius 1 is 0.806 bits per heavy atom. The lowest BCUT2D eigenvalue weighted by Gasteiger charge is -2.14. The first-order valence-corrected chi connectivity index (χ1v) is 10.5. The number of nitrogens with zero attached hydrogens (tertiary/aromatic N) is 2. The summed E-state index contributed by atoms with van der Waals surface area (Å²) >= 11 is 0. The SMILES string of the molecule is COc1cc(-c2ccc(Nc3oc(C)nc3C(=O)O)c(OC)c2)ccc1Nc1nc(C)oc1C(=O)O. The number of hydrogen-bond donors (Lipinski definition) is 4. The molecule has 0 amide bonds. The topological polar surface area (TPSA) is 169 Å². The van der Waals surface area contributed by atoms with Gasteiger partial charge in [0.1, 0.15) is 11.5 Å². The van der Waals surface area contributed by atoms with E-state index < -0.39 is 11.9 Å². The third kappa shape index (κ3) is 4.78. The molecule has 4 rings (SSSR count). The van der Waals surface area contributed by atoms with E-state index >= 15 is 0 Å². The predicted molar refractivity (Wildman–Crippen MR) is 128 cm³/mol. The van der Waals surface area contributed by atoms with Crippen molar-refractivity contribution in [3.63, 3.8) is 0 Å². The predicted octanol–water partition coefficient (Wildman–Crippen LogP) is 4.85. The molecule has 4 aromatic rings. The second kappa shape index (κ2) is 9.70. The van der Waals surface area contributed by atoms with Crippen LogP contribution in [0.5, 0.6) is 11.5 Å². The van der Waals surface area contributed by atoms with Crippen molar-refractivity contribution >= 4 is 35.0 Å². The molecule has 0 saturated heterocycles. The molecule has 0 spiro atoms. The van der Waals surface area contributed by atoms with Crippen molar-refractivity contribution in [2.45, 2.75) is 13.8 Å². The van der Waals surface area contributed by atoms with E-state index in [0.717, 1.165) is 11.1 Å². The summed E-state index contributed by atoms with van der Waals surface area (Å²) in [6, 6.07) is 10.6. The number of nitrogens with one attached hydrogen (secondary N) is 2. The van der Waals surface area contributed by atoms with E-state index in [0.29, 0.717) is 22.9 Å². The molecule has 0 aliphatic rings. The highest BCUT2D eigenvalue weighted by Crippen LogP contribution is 2.37. The van der Waals surface area contributed by atoms with Crippen molar-refractivity contribution in [3.8, 4) is 22.6 Å². The van der Waals surface area contributed by atoms with Gasteiger partial charge in [-0.1, -0.05) is 12.1 Å². The van der Waals surface area contributed by atoms with Crippen molar-refractivity contribution in [3.05, 3.63) is 59.6 Å². The zero-order valence-electron chi connectivity index (χ0n) is 19.7. The number of rotatable bonds is 9. The lowest BCUT2D eigenvalue weighted by atomic mass is 10.0. The van der Waals surface area contributed by atoms with Gasteiger partial charge in [0.2, 0.25) is 11.6 Å². The number of aromatic carboxylic acids is 2. The molecule has 36 heavy (non-hydrogen) atoms. The van der Waals surface area contributed by atoms with E-state index in [4.69, 9.17) is 18.3 Å². The molecule has 2 aromatic heterocycles. The fourth-order valence-electron chi connectivity index (χ4n) is 3.51. The molecule has 186 valence electrons. The van der Waals surface area contributed by atoms with Crippen LogP contribution in [0.15, 0.2) is 45.2 Å². The van der Waals surface area contributed by atoms with E-state index in [1.165, 1.54) is 14.2 Å². The van der Waals surface area contributed by atoms with Gasteiger partial charge in [0.15, 0.2) is 17.6 Å². The first-order chi connectivity index (χ1) is 17.2. The van der Waals surface area contributed by atoms with Crippen molar-refractivity contribution in [1.29, 1.82) is 0 Å². The van der Waals surface area contributed by atoms with Crippen LogP contribution in [0.4, 0.5) is 23.1 Å². The minimum Gasteiger partial charge on any atom is -0.495 e. The molecule has 12 heteroatoms. The van der Waals surface area contributed by atoms with E-state index in [9.17, 15) is 19.8 Å². The maximum absolute atomic E-state index is 11.4. The van der Waals surface area contributed by atoms with Crippen LogP contribution in [0.2, 0.25) is 0 Å². The number of carbonyl (C=O) groups is 2. The Balaban J connectivity index is 1.64. The van der Waals surface area contributed by atoms with E-state index in [1.807, 2.05) is 6.07 Å². The van der Waals surface area contributed by atoms with Crippen LogP contribution in [0, 0.1) is 13.8 Å². The number of ether oxygens (including phenoxy) is 2. The van der Waals surface area contributed by atoms with E-state index in [2.05, 4.69) is 20.6 Å². The molecular formula is C24H22N4O8. The third-order valence-electron chi connectivity index (χ3n) is 5.10. The monoisotopic (exact) mass is 494 g/mol. The summed E-state index contributed by atoms with van der Waals surface area (Å²) in [6.45, 7) is 3.10. The number of carboxylic acids is 2. The number of oxazole rings is 2. The molecule has 12 nitrogen and oxygen atoms in total. The van der Waals surface area contributed by atoms with Crippen LogP contribution in [0.3, 0.4) is 0 Å². The molecule has 2 heterocycles. The standard InChI is InChI=1S/C24H22N4O8/c1-11-25-19(23(29)30)22(36-11)28-16-8-6-14(10-18(16)34-4)13-5-7-15(17(9-13)33-3)27-21-20(24(31)32)35-12(2)26-21/h5-10,27-28H,1-4H3,(H,29,30)(H,31,32). The number of carboxylic acid groups (broad SMARTS) is 2. The Bertz CT molecular complexity index is 1350. The normalized spacial score (nSPS) is 10.7. The number of methoxy groups -OCH3 is 2. The lowest BCUT2D eigenvalue weighted by molar-refractivity contribution is 0.0659. The molecule has 0 unspecified atom stereocenters. The Labute approximate surface area is 204 Å². The highest BCUT2D eigenvalue weighted by molar-refractivity contribution is 5.92. The van der Waals surface area contributed by atoms with Crippen molar-refractivity contribution in [2.24, 2.45) is 0 Å². The molecule has 0 atom stereocenters. The average molecular weight is 494 g/mol. The van der Waals surface area contributed by atoms with Gasteiger partial charge in [0.25, 0.3) is 5.76 Å². The Morgan fingerprint density at radius 3 is 1.89 bits per heavy atom. The van der Waals surface area contributed by atoms with E-state index in [-0.39, 0.29) is 34.9 Å². The zero-order valence-corrected chi connectivity index (χ0v) is 19.7. The first kappa shape index (κ1) is 24.1. The summed E-state index contributed by atoms with van der Waals surface area (Å²) in [5.74, 6) is -1.42. The second-order valence-electron chi connectivity index (χ2n) is 7.51. The molecule has 2 aromatic carbocycles. The summed E-state index contributed by atoms with van der Waals surface area (Å²) < 4.78 is 21.5. The zero-order chi connectivity index (χ0) is 26.0. The fourth-order valence-corrected chi connectivity index (χ4v) is 3.51. The molecule has 0 aliphatic heterocycles. The number of hydrogen-bond acceptors (Lipinski definition) is 10. The van der Waals surface area contributed by atoms with Gasteiger partial charge in [-0.25, -0.2) is 14.6 Å². The summed E-state index contributed by atoms with van der Waals surface area (Å²) in [7, 11) is 2.98. The molecule has 0 bridgehead atoms. The second-order valence-corrected chi connectivity index (χ2v) is 7.51. The smallest absolute Gasteiger partial charge is 0.375 e. The first-order valence-electron chi connectivity index (χ1n) is 10.5. The summed E-state index contributed by atoms with van der Waals surface area (Å²) in [4.78, 5) is 30.8. The van der Waals surface area contributed by atoms with Gasteiger partial charge in [-0.3, -0.25) is 0 Å². The van der Waals surface area contributed by atoms with Crippen LogP contribution >= 0.6 is 0 Å². The molecule has 0 fully saturated rings. The van der Waals surface area contributed by atoms with Crippen LogP contribution in [-0.2, 0) is 0 Å². The number of benzene rings is 2. The molecule has 0 aliphatic carbocycles. The minimum absolute atomic E-state index is 0.00744. The number of anilines is 4. The van der Waals surface area contributed by atoms with Crippen LogP contribution < -0.4 is 20.1 Å². The molecular weight excluding hydrogens is 472 g/mol. The van der Waals surface area contributed by atoms with Gasteiger partial charge in [-0.15, -0.1) is 0 Å². The number of aryl methyl sites for hydroxylation is 2.